The molecule has 2 N–H and O–H groups in total. The van der Waals surface area contributed by atoms with E-state index in [0.717, 1.165) is 32.5 Å². The van der Waals surface area contributed by atoms with Gasteiger partial charge < -0.3 is 15.5 Å². The molecule has 0 aromatic heterocycles. The first-order chi connectivity index (χ1) is 9.49. The molecular weight excluding hydrogens is 250 g/mol. The number of hydrogen-bond donors (Lipinski definition) is 2. The fourth-order valence-electron chi connectivity index (χ4n) is 2.85. The molecular formula is C16H33N3O. The Labute approximate surface area is 124 Å². The minimum absolute atomic E-state index is 0.214. The Kier molecular flexibility index (Phi) is 8.15. The summed E-state index contributed by atoms with van der Waals surface area (Å²) in [6.07, 6.45) is 5.35. The van der Waals surface area contributed by atoms with Crippen LogP contribution in [0.2, 0.25) is 0 Å². The molecule has 0 aromatic rings. The molecule has 0 aliphatic carbocycles. The van der Waals surface area contributed by atoms with Crippen molar-refractivity contribution < 1.29 is 4.79 Å². The van der Waals surface area contributed by atoms with E-state index < -0.39 is 0 Å². The summed E-state index contributed by atoms with van der Waals surface area (Å²) < 4.78 is 0. The number of carbonyl (C=O) groups excluding carboxylic acids is 1. The Hall–Kier alpha value is -0.610. The zero-order valence-electron chi connectivity index (χ0n) is 13.7. The predicted molar refractivity (Wildman–Crippen MR) is 84.8 cm³/mol. The highest BCUT2D eigenvalue weighted by Gasteiger charge is 2.16. The Bertz CT molecular complexity index is 273. The number of likely N-dealkylation sites (N-methyl/N-ethyl adjacent to an activating group) is 1. The van der Waals surface area contributed by atoms with E-state index in [0.29, 0.717) is 24.3 Å². The first-order valence-electron chi connectivity index (χ1n) is 8.13. The highest BCUT2D eigenvalue weighted by atomic mass is 16.1. The molecule has 1 aliphatic rings. The molecule has 0 radical (unpaired) electrons. The van der Waals surface area contributed by atoms with Gasteiger partial charge in [-0.25, -0.2) is 0 Å². The predicted octanol–water partition coefficient (Wildman–Crippen LogP) is 1.86. The Morgan fingerprint density at radius 2 is 2.15 bits per heavy atom. The van der Waals surface area contributed by atoms with E-state index in [-0.39, 0.29) is 5.91 Å². The molecule has 2 atom stereocenters. The van der Waals surface area contributed by atoms with Crippen LogP contribution in [0.4, 0.5) is 0 Å². The largest absolute Gasteiger partial charge is 0.355 e. The Balaban J connectivity index is 2.19. The van der Waals surface area contributed by atoms with Crippen LogP contribution in [0.15, 0.2) is 0 Å². The van der Waals surface area contributed by atoms with Crippen molar-refractivity contribution in [2.75, 3.05) is 33.7 Å². The number of rotatable bonds is 8. The average molecular weight is 283 g/mol. The third kappa shape index (κ3) is 7.25. The number of nitrogens with zero attached hydrogens (tertiary/aromatic N) is 1. The van der Waals surface area contributed by atoms with Gasteiger partial charge in [0.15, 0.2) is 0 Å². The normalized spacial score (nSPS) is 21.2. The van der Waals surface area contributed by atoms with Crippen LogP contribution in [0.5, 0.6) is 0 Å². The first kappa shape index (κ1) is 17.4. The maximum Gasteiger partial charge on any atom is 0.220 e. The molecule has 2 unspecified atom stereocenters. The number of carbonyl (C=O) groups is 1. The molecule has 1 rings (SSSR count). The summed E-state index contributed by atoms with van der Waals surface area (Å²) in [5.74, 6) is 1.56. The molecule has 0 spiro atoms. The van der Waals surface area contributed by atoms with Gasteiger partial charge in [0.2, 0.25) is 5.91 Å². The summed E-state index contributed by atoms with van der Waals surface area (Å²) in [6, 6.07) is 0.440. The lowest BCUT2D eigenvalue weighted by molar-refractivity contribution is -0.121. The minimum atomic E-state index is 0.214. The van der Waals surface area contributed by atoms with E-state index in [1.165, 1.54) is 12.8 Å². The lowest BCUT2D eigenvalue weighted by Crippen LogP contribution is -2.41. The van der Waals surface area contributed by atoms with Gasteiger partial charge in [0.05, 0.1) is 0 Å². The topological polar surface area (TPSA) is 44.4 Å². The molecule has 1 aliphatic heterocycles. The van der Waals surface area contributed by atoms with Gasteiger partial charge >= 0.3 is 0 Å². The first-order valence-corrected chi connectivity index (χ1v) is 8.13. The summed E-state index contributed by atoms with van der Waals surface area (Å²) in [5.41, 5.74) is 0. The molecule has 0 saturated carbocycles. The van der Waals surface area contributed by atoms with E-state index in [2.05, 4.69) is 43.5 Å². The monoisotopic (exact) mass is 283 g/mol. The van der Waals surface area contributed by atoms with Crippen molar-refractivity contribution in [3.63, 3.8) is 0 Å². The van der Waals surface area contributed by atoms with Gasteiger partial charge in [0, 0.05) is 19.0 Å². The van der Waals surface area contributed by atoms with Crippen LogP contribution in [0.3, 0.4) is 0 Å². The van der Waals surface area contributed by atoms with Crippen molar-refractivity contribution in [3.8, 4) is 0 Å². The van der Waals surface area contributed by atoms with Crippen molar-refractivity contribution in [2.45, 2.75) is 52.0 Å². The van der Waals surface area contributed by atoms with Crippen molar-refractivity contribution in [1.29, 1.82) is 0 Å². The van der Waals surface area contributed by atoms with Crippen LogP contribution in [0.1, 0.15) is 46.0 Å². The molecule has 1 fully saturated rings. The second-order valence-corrected chi connectivity index (χ2v) is 6.80. The highest BCUT2D eigenvalue weighted by Crippen LogP contribution is 2.15. The molecule has 0 bridgehead atoms. The van der Waals surface area contributed by atoms with Crippen molar-refractivity contribution in [3.05, 3.63) is 0 Å². The molecule has 1 saturated heterocycles. The van der Waals surface area contributed by atoms with Gasteiger partial charge in [-0.3, -0.25) is 4.79 Å². The van der Waals surface area contributed by atoms with E-state index in [1.54, 1.807) is 0 Å². The number of amides is 1. The molecule has 20 heavy (non-hydrogen) atoms. The third-order valence-corrected chi connectivity index (χ3v) is 4.19. The van der Waals surface area contributed by atoms with Gasteiger partial charge in [-0.05, 0) is 64.7 Å². The van der Waals surface area contributed by atoms with Crippen LogP contribution in [0, 0.1) is 11.8 Å². The summed E-state index contributed by atoms with van der Waals surface area (Å²) in [4.78, 5) is 14.2. The van der Waals surface area contributed by atoms with Crippen LogP contribution >= 0.6 is 0 Å². The summed E-state index contributed by atoms with van der Waals surface area (Å²) in [7, 11) is 4.18. The van der Waals surface area contributed by atoms with E-state index in [1.807, 2.05) is 0 Å². The summed E-state index contributed by atoms with van der Waals surface area (Å²) in [5, 5.41) is 6.51. The van der Waals surface area contributed by atoms with Gasteiger partial charge in [0.1, 0.15) is 0 Å². The zero-order chi connectivity index (χ0) is 15.0. The molecule has 4 nitrogen and oxygen atoms in total. The summed E-state index contributed by atoms with van der Waals surface area (Å²) in [6.45, 7) is 7.46. The zero-order valence-corrected chi connectivity index (χ0v) is 13.7. The van der Waals surface area contributed by atoms with E-state index >= 15 is 0 Å². The second kappa shape index (κ2) is 9.35. The summed E-state index contributed by atoms with van der Waals surface area (Å²) >= 11 is 0. The highest BCUT2D eigenvalue weighted by molar-refractivity contribution is 5.75. The van der Waals surface area contributed by atoms with E-state index in [9.17, 15) is 4.79 Å². The number of hydrogen-bond acceptors (Lipinski definition) is 3. The fourth-order valence-corrected chi connectivity index (χ4v) is 2.85. The maximum atomic E-state index is 11.9. The fraction of sp³-hybridized carbons (Fsp3) is 0.938. The van der Waals surface area contributed by atoms with Gasteiger partial charge in [-0.15, -0.1) is 0 Å². The van der Waals surface area contributed by atoms with Gasteiger partial charge in [-0.2, -0.15) is 0 Å². The second-order valence-electron chi connectivity index (χ2n) is 6.80. The number of nitrogens with one attached hydrogen (secondary N) is 2. The standard InChI is InChI=1S/C16H33N3O/c1-13(2)10-15(19(3)4)12-18-16(20)8-7-14-6-5-9-17-11-14/h13-15,17H,5-12H2,1-4H3,(H,18,20). The van der Waals surface area contributed by atoms with Crippen molar-refractivity contribution in [2.24, 2.45) is 11.8 Å². The molecule has 118 valence electrons. The van der Waals surface area contributed by atoms with Crippen LogP contribution in [0.25, 0.3) is 0 Å². The molecule has 1 amide bonds. The molecule has 1 heterocycles. The average Bonchev–Trinajstić information content (AvgIpc) is 2.41. The van der Waals surface area contributed by atoms with Gasteiger partial charge in [-0.1, -0.05) is 13.8 Å². The van der Waals surface area contributed by atoms with Crippen molar-refractivity contribution in [1.82, 2.24) is 15.5 Å². The molecule has 4 heteroatoms. The SMILES string of the molecule is CC(C)CC(CNC(=O)CCC1CCCNC1)N(C)C. The third-order valence-electron chi connectivity index (χ3n) is 4.19. The maximum absolute atomic E-state index is 11.9. The van der Waals surface area contributed by atoms with Crippen LogP contribution < -0.4 is 10.6 Å². The lowest BCUT2D eigenvalue weighted by atomic mass is 9.94. The quantitative estimate of drug-likeness (QED) is 0.714. The smallest absolute Gasteiger partial charge is 0.220 e. The van der Waals surface area contributed by atoms with E-state index in [4.69, 9.17) is 0 Å². The van der Waals surface area contributed by atoms with Gasteiger partial charge in [0.25, 0.3) is 0 Å². The Morgan fingerprint density at radius 1 is 1.40 bits per heavy atom. The van der Waals surface area contributed by atoms with Crippen molar-refractivity contribution >= 4 is 5.91 Å². The minimum Gasteiger partial charge on any atom is -0.355 e. The van der Waals surface area contributed by atoms with Crippen LogP contribution in [-0.4, -0.2) is 50.6 Å². The number of piperidine rings is 1. The Morgan fingerprint density at radius 3 is 2.70 bits per heavy atom. The lowest BCUT2D eigenvalue weighted by Gasteiger charge is -2.26. The molecule has 0 aromatic carbocycles. The van der Waals surface area contributed by atoms with Crippen LogP contribution in [-0.2, 0) is 4.79 Å².